The molecule has 0 bridgehead atoms. The van der Waals surface area contributed by atoms with Crippen LogP contribution in [0.4, 0.5) is 0 Å². The first-order chi connectivity index (χ1) is 8.13. The summed E-state index contributed by atoms with van der Waals surface area (Å²) in [6.07, 6.45) is 2.17. The van der Waals surface area contributed by atoms with Crippen LogP contribution in [0.5, 0.6) is 0 Å². The van der Waals surface area contributed by atoms with Crippen LogP contribution in [-0.2, 0) is 0 Å². The number of carbonyl (C=O) groups excluding carboxylic acids is 1. The molecule has 1 aromatic rings. The molecule has 1 aromatic carbocycles. The van der Waals surface area contributed by atoms with Gasteiger partial charge in [0, 0.05) is 27.1 Å². The molecule has 0 unspecified atom stereocenters. The molecule has 0 atom stereocenters. The Hall–Kier alpha value is -0.000000000000000111. The number of carbonyl (C=O) groups is 1. The number of amides is 1. The number of hydrogen-bond donors (Lipinski definition) is 0. The molecule has 0 aromatic heterocycles. The highest BCUT2D eigenvalue weighted by Gasteiger charge is 2.33. The maximum absolute atomic E-state index is 12.4. The van der Waals surface area contributed by atoms with E-state index in [9.17, 15) is 4.79 Å². The van der Waals surface area contributed by atoms with Gasteiger partial charge >= 0.3 is 0 Å². The van der Waals surface area contributed by atoms with Crippen LogP contribution >= 0.6 is 45.8 Å². The maximum atomic E-state index is 12.4. The van der Waals surface area contributed by atoms with E-state index >= 15 is 0 Å². The standard InChI is InChI=1S/C12H12Cl2INO/c13-5-6-16(9-2-3-9)12(17)10-7-8(14)1-4-11(10)15/h1,4,7,9H,2-3,5-6H2. The number of benzene rings is 1. The Labute approximate surface area is 124 Å². The lowest BCUT2D eigenvalue weighted by atomic mass is 10.2. The molecule has 0 spiro atoms. The SMILES string of the molecule is O=C(c1cc(Cl)ccc1I)N(CCCl)C1CC1. The van der Waals surface area contributed by atoms with E-state index < -0.39 is 0 Å². The highest BCUT2D eigenvalue weighted by Crippen LogP contribution is 2.29. The number of halogens is 3. The molecule has 0 aliphatic heterocycles. The molecule has 1 aliphatic rings. The van der Waals surface area contributed by atoms with Crippen LogP contribution in [0.3, 0.4) is 0 Å². The number of rotatable bonds is 4. The lowest BCUT2D eigenvalue weighted by Gasteiger charge is -2.22. The summed E-state index contributed by atoms with van der Waals surface area (Å²) >= 11 is 13.8. The van der Waals surface area contributed by atoms with Crippen molar-refractivity contribution in [2.45, 2.75) is 18.9 Å². The molecule has 5 heteroatoms. The Balaban J connectivity index is 2.24. The number of hydrogen-bond acceptors (Lipinski definition) is 1. The summed E-state index contributed by atoms with van der Waals surface area (Å²) in [4.78, 5) is 14.3. The number of alkyl halides is 1. The van der Waals surface area contributed by atoms with Crippen molar-refractivity contribution < 1.29 is 4.79 Å². The quantitative estimate of drug-likeness (QED) is 0.572. The third-order valence-electron chi connectivity index (χ3n) is 2.73. The van der Waals surface area contributed by atoms with E-state index in [1.807, 2.05) is 11.0 Å². The first kappa shape index (κ1) is 13.4. The second-order valence-electron chi connectivity index (χ2n) is 4.04. The van der Waals surface area contributed by atoms with E-state index in [1.54, 1.807) is 12.1 Å². The highest BCUT2D eigenvalue weighted by molar-refractivity contribution is 14.1. The van der Waals surface area contributed by atoms with Crippen LogP contribution in [0, 0.1) is 3.57 Å². The summed E-state index contributed by atoms with van der Waals surface area (Å²) < 4.78 is 0.928. The fourth-order valence-corrected chi connectivity index (χ4v) is 2.66. The zero-order chi connectivity index (χ0) is 12.4. The Morgan fingerprint density at radius 2 is 2.18 bits per heavy atom. The van der Waals surface area contributed by atoms with Crippen molar-refractivity contribution in [3.8, 4) is 0 Å². The van der Waals surface area contributed by atoms with Gasteiger partial charge in [0.1, 0.15) is 0 Å². The molecule has 92 valence electrons. The van der Waals surface area contributed by atoms with E-state index in [0.717, 1.165) is 16.4 Å². The number of nitrogens with zero attached hydrogens (tertiary/aromatic N) is 1. The monoisotopic (exact) mass is 383 g/mol. The fraction of sp³-hybridized carbons (Fsp3) is 0.417. The van der Waals surface area contributed by atoms with Crippen LogP contribution in [0.15, 0.2) is 18.2 Å². The summed E-state index contributed by atoms with van der Waals surface area (Å²) in [5.74, 6) is 0.513. The molecule has 2 nitrogen and oxygen atoms in total. The second-order valence-corrected chi connectivity index (χ2v) is 6.02. The molecule has 1 aliphatic carbocycles. The average Bonchev–Trinajstić information content (AvgIpc) is 3.12. The summed E-state index contributed by atoms with van der Waals surface area (Å²) in [6.45, 7) is 0.605. The van der Waals surface area contributed by atoms with Crippen LogP contribution in [0.1, 0.15) is 23.2 Å². The van der Waals surface area contributed by atoms with Crippen molar-refractivity contribution in [1.82, 2.24) is 4.90 Å². The summed E-state index contributed by atoms with van der Waals surface area (Å²) in [7, 11) is 0. The topological polar surface area (TPSA) is 20.3 Å². The third kappa shape index (κ3) is 3.26. The predicted octanol–water partition coefficient (Wildman–Crippen LogP) is 3.79. The highest BCUT2D eigenvalue weighted by atomic mass is 127. The van der Waals surface area contributed by atoms with Crippen LogP contribution in [0.25, 0.3) is 0 Å². The Bertz CT molecular complexity index is 435. The van der Waals surface area contributed by atoms with Gasteiger partial charge in [0.2, 0.25) is 0 Å². The van der Waals surface area contributed by atoms with Crippen molar-refractivity contribution in [2.75, 3.05) is 12.4 Å². The molecular formula is C12H12Cl2INO. The van der Waals surface area contributed by atoms with E-state index in [-0.39, 0.29) is 5.91 Å². The molecular weight excluding hydrogens is 372 g/mol. The largest absolute Gasteiger partial charge is 0.334 e. The van der Waals surface area contributed by atoms with Gasteiger partial charge in [-0.2, -0.15) is 0 Å². The minimum atomic E-state index is 0.0417. The van der Waals surface area contributed by atoms with Crippen molar-refractivity contribution in [1.29, 1.82) is 0 Å². The van der Waals surface area contributed by atoms with Crippen molar-refractivity contribution in [3.63, 3.8) is 0 Å². The van der Waals surface area contributed by atoms with Crippen molar-refractivity contribution in [3.05, 3.63) is 32.4 Å². The van der Waals surface area contributed by atoms with Gasteiger partial charge in [-0.3, -0.25) is 4.79 Å². The van der Waals surface area contributed by atoms with E-state index in [0.29, 0.717) is 29.1 Å². The minimum Gasteiger partial charge on any atom is -0.334 e. The second kappa shape index (κ2) is 5.76. The van der Waals surface area contributed by atoms with Gasteiger partial charge in [0.05, 0.1) is 5.56 Å². The van der Waals surface area contributed by atoms with Gasteiger partial charge in [-0.1, -0.05) is 11.6 Å². The lowest BCUT2D eigenvalue weighted by Crippen LogP contribution is -2.35. The van der Waals surface area contributed by atoms with Crippen molar-refractivity contribution in [2.24, 2.45) is 0 Å². The van der Waals surface area contributed by atoms with Gasteiger partial charge in [0.25, 0.3) is 5.91 Å². The first-order valence-corrected chi connectivity index (χ1v) is 7.44. The van der Waals surface area contributed by atoms with E-state index in [4.69, 9.17) is 23.2 Å². The van der Waals surface area contributed by atoms with Gasteiger partial charge < -0.3 is 4.90 Å². The molecule has 0 N–H and O–H groups in total. The van der Waals surface area contributed by atoms with Gasteiger partial charge in [-0.05, 0) is 53.6 Å². The molecule has 1 saturated carbocycles. The van der Waals surface area contributed by atoms with E-state index in [2.05, 4.69) is 22.6 Å². The van der Waals surface area contributed by atoms with E-state index in [1.165, 1.54) is 0 Å². The van der Waals surface area contributed by atoms with Crippen LogP contribution in [-0.4, -0.2) is 29.3 Å². The van der Waals surface area contributed by atoms with Crippen LogP contribution in [0.2, 0.25) is 5.02 Å². The van der Waals surface area contributed by atoms with Gasteiger partial charge in [-0.25, -0.2) is 0 Å². The zero-order valence-corrected chi connectivity index (χ0v) is 12.8. The summed E-state index contributed by atoms with van der Waals surface area (Å²) in [5.41, 5.74) is 0.676. The molecule has 0 heterocycles. The minimum absolute atomic E-state index is 0.0417. The molecule has 1 amide bonds. The molecule has 0 radical (unpaired) electrons. The lowest BCUT2D eigenvalue weighted by molar-refractivity contribution is 0.0752. The third-order valence-corrected chi connectivity index (χ3v) is 4.08. The van der Waals surface area contributed by atoms with Crippen molar-refractivity contribution >= 4 is 51.7 Å². The predicted molar refractivity (Wildman–Crippen MR) is 78.9 cm³/mol. The molecule has 1 fully saturated rings. The Morgan fingerprint density at radius 1 is 1.47 bits per heavy atom. The van der Waals surface area contributed by atoms with Gasteiger partial charge in [-0.15, -0.1) is 11.6 Å². The van der Waals surface area contributed by atoms with Crippen LogP contribution < -0.4 is 0 Å². The summed E-state index contributed by atoms with van der Waals surface area (Å²) in [6, 6.07) is 5.76. The fourth-order valence-electron chi connectivity index (χ4n) is 1.74. The zero-order valence-electron chi connectivity index (χ0n) is 9.13. The molecule has 0 saturated heterocycles. The maximum Gasteiger partial charge on any atom is 0.255 e. The Morgan fingerprint density at radius 3 is 2.76 bits per heavy atom. The Kier molecular flexibility index (Phi) is 4.55. The molecule has 2 rings (SSSR count). The van der Waals surface area contributed by atoms with Gasteiger partial charge in [0.15, 0.2) is 0 Å². The normalized spacial score (nSPS) is 14.8. The average molecular weight is 384 g/mol. The smallest absolute Gasteiger partial charge is 0.255 e. The summed E-state index contributed by atoms with van der Waals surface area (Å²) in [5, 5.41) is 0.593. The molecule has 17 heavy (non-hydrogen) atoms. The first-order valence-electron chi connectivity index (χ1n) is 5.45.